The molecule has 2 aromatic rings. The summed E-state index contributed by atoms with van der Waals surface area (Å²) in [7, 11) is 3.07. The number of rotatable bonds is 5. The molecular formula is C20H22N2O5. The fourth-order valence-electron chi connectivity index (χ4n) is 3.03. The number of hydrogen-bond donors (Lipinski definition) is 1. The molecule has 1 atom stereocenters. The third-order valence-electron chi connectivity index (χ3n) is 4.40. The molecule has 0 spiro atoms. The summed E-state index contributed by atoms with van der Waals surface area (Å²) in [5, 5.41) is 2.83. The summed E-state index contributed by atoms with van der Waals surface area (Å²) in [6.07, 6.45) is 0.774. The molecule has 2 amide bonds. The lowest BCUT2D eigenvalue weighted by Gasteiger charge is -2.23. The molecule has 7 nitrogen and oxygen atoms in total. The molecule has 1 heterocycles. The molecule has 1 N–H and O–H groups in total. The van der Waals surface area contributed by atoms with Gasteiger partial charge in [-0.15, -0.1) is 0 Å². The number of nitrogens with zero attached hydrogens (tertiary/aromatic N) is 1. The number of anilines is 1. The van der Waals surface area contributed by atoms with Gasteiger partial charge in [-0.25, -0.2) is 4.79 Å². The smallest absolute Gasteiger partial charge is 0.415 e. The van der Waals surface area contributed by atoms with Crippen molar-refractivity contribution in [3.63, 3.8) is 0 Å². The Morgan fingerprint density at radius 3 is 2.52 bits per heavy atom. The lowest BCUT2D eigenvalue weighted by molar-refractivity contribution is -0.119. The van der Waals surface area contributed by atoms with Crippen LogP contribution in [0.15, 0.2) is 48.5 Å². The summed E-state index contributed by atoms with van der Waals surface area (Å²) in [5.74, 6) is 1.27. The highest BCUT2D eigenvalue weighted by molar-refractivity contribution is 5.98. The van der Waals surface area contributed by atoms with Crippen molar-refractivity contribution in [2.45, 2.75) is 18.9 Å². The van der Waals surface area contributed by atoms with E-state index in [-0.39, 0.29) is 5.91 Å². The number of hydrogen-bond acceptors (Lipinski definition) is 5. The third kappa shape index (κ3) is 4.31. The standard InChI is InChI=1S/C20H22N2O5/c1-25-15-10-11-18(26-2)16(13-15)21-19(23)17-9-6-12-22(17)20(24)27-14-7-4-3-5-8-14/h3-5,7-8,10-11,13,17H,6,9,12H2,1-2H3,(H,21,23)/t17-/m1/s1. The van der Waals surface area contributed by atoms with Crippen LogP contribution in [0.3, 0.4) is 0 Å². The van der Waals surface area contributed by atoms with Gasteiger partial charge in [0.25, 0.3) is 0 Å². The average molecular weight is 370 g/mol. The second kappa shape index (κ2) is 8.44. The van der Waals surface area contributed by atoms with Crippen molar-refractivity contribution in [3.8, 4) is 17.2 Å². The van der Waals surface area contributed by atoms with Crippen molar-refractivity contribution >= 4 is 17.7 Å². The quantitative estimate of drug-likeness (QED) is 0.874. The average Bonchev–Trinajstić information content (AvgIpc) is 3.19. The zero-order valence-electron chi connectivity index (χ0n) is 15.3. The molecule has 0 unspecified atom stereocenters. The molecule has 0 bridgehead atoms. The first-order chi connectivity index (χ1) is 13.1. The van der Waals surface area contributed by atoms with Gasteiger partial charge in [0.1, 0.15) is 23.3 Å². The van der Waals surface area contributed by atoms with E-state index in [1.807, 2.05) is 6.07 Å². The summed E-state index contributed by atoms with van der Waals surface area (Å²) in [4.78, 5) is 26.7. The van der Waals surface area contributed by atoms with Gasteiger partial charge in [-0.1, -0.05) is 18.2 Å². The lowest BCUT2D eigenvalue weighted by Crippen LogP contribution is -2.44. The molecule has 0 saturated carbocycles. The highest BCUT2D eigenvalue weighted by Gasteiger charge is 2.35. The van der Waals surface area contributed by atoms with Crippen LogP contribution in [-0.4, -0.2) is 43.7 Å². The molecule has 3 rings (SSSR count). The largest absolute Gasteiger partial charge is 0.497 e. The van der Waals surface area contributed by atoms with E-state index in [9.17, 15) is 9.59 Å². The number of likely N-dealkylation sites (tertiary alicyclic amines) is 1. The van der Waals surface area contributed by atoms with Crippen LogP contribution < -0.4 is 19.5 Å². The highest BCUT2D eigenvalue weighted by atomic mass is 16.6. The van der Waals surface area contributed by atoms with Crippen molar-refractivity contribution in [2.24, 2.45) is 0 Å². The first-order valence-electron chi connectivity index (χ1n) is 8.68. The van der Waals surface area contributed by atoms with Crippen LogP contribution in [0, 0.1) is 0 Å². The number of carbonyl (C=O) groups excluding carboxylic acids is 2. The number of ether oxygens (including phenoxy) is 3. The molecule has 0 radical (unpaired) electrons. The van der Waals surface area contributed by atoms with E-state index in [0.29, 0.717) is 35.9 Å². The number of para-hydroxylation sites is 1. The number of nitrogens with one attached hydrogen (secondary N) is 1. The Kier molecular flexibility index (Phi) is 5.80. The monoisotopic (exact) mass is 370 g/mol. The van der Waals surface area contributed by atoms with Gasteiger partial charge in [0.15, 0.2) is 0 Å². The molecule has 142 valence electrons. The number of benzene rings is 2. The van der Waals surface area contributed by atoms with Crippen LogP contribution in [0.4, 0.5) is 10.5 Å². The van der Waals surface area contributed by atoms with Gasteiger partial charge in [0, 0.05) is 12.6 Å². The maximum absolute atomic E-state index is 12.8. The summed E-state index contributed by atoms with van der Waals surface area (Å²) >= 11 is 0. The Balaban J connectivity index is 1.71. The van der Waals surface area contributed by atoms with Crippen molar-refractivity contribution < 1.29 is 23.8 Å². The molecule has 7 heteroatoms. The Bertz CT molecular complexity index is 809. The Hall–Kier alpha value is -3.22. The summed E-state index contributed by atoms with van der Waals surface area (Å²) in [6, 6.07) is 13.3. The van der Waals surface area contributed by atoms with Crippen LogP contribution >= 0.6 is 0 Å². The van der Waals surface area contributed by atoms with Crippen molar-refractivity contribution in [1.82, 2.24) is 4.90 Å². The summed E-state index contributed by atoms with van der Waals surface area (Å²) < 4.78 is 15.9. The van der Waals surface area contributed by atoms with Gasteiger partial charge in [0.2, 0.25) is 5.91 Å². The van der Waals surface area contributed by atoms with Crippen LogP contribution in [0.2, 0.25) is 0 Å². The lowest BCUT2D eigenvalue weighted by atomic mass is 10.2. The van der Waals surface area contributed by atoms with E-state index in [1.165, 1.54) is 12.0 Å². The van der Waals surface area contributed by atoms with Gasteiger partial charge >= 0.3 is 6.09 Å². The van der Waals surface area contributed by atoms with Crippen molar-refractivity contribution in [1.29, 1.82) is 0 Å². The maximum Gasteiger partial charge on any atom is 0.415 e. The molecule has 1 aliphatic rings. The zero-order valence-corrected chi connectivity index (χ0v) is 15.3. The van der Waals surface area contributed by atoms with E-state index in [4.69, 9.17) is 14.2 Å². The Labute approximate surface area is 157 Å². The van der Waals surface area contributed by atoms with Crippen molar-refractivity contribution in [2.75, 3.05) is 26.1 Å². The van der Waals surface area contributed by atoms with E-state index >= 15 is 0 Å². The van der Waals surface area contributed by atoms with Gasteiger partial charge in [-0.2, -0.15) is 0 Å². The maximum atomic E-state index is 12.8. The van der Waals surface area contributed by atoms with E-state index in [2.05, 4.69) is 5.32 Å². The molecule has 27 heavy (non-hydrogen) atoms. The number of amides is 2. The minimum Gasteiger partial charge on any atom is -0.497 e. The van der Waals surface area contributed by atoms with E-state index < -0.39 is 12.1 Å². The Morgan fingerprint density at radius 2 is 1.81 bits per heavy atom. The van der Waals surface area contributed by atoms with Gasteiger partial charge in [-0.05, 0) is 37.1 Å². The molecule has 0 aromatic heterocycles. The fourth-order valence-corrected chi connectivity index (χ4v) is 3.03. The predicted octanol–water partition coefficient (Wildman–Crippen LogP) is 3.31. The summed E-state index contributed by atoms with van der Waals surface area (Å²) in [6.45, 7) is 0.471. The molecular weight excluding hydrogens is 348 g/mol. The molecule has 0 aliphatic carbocycles. The zero-order chi connectivity index (χ0) is 19.2. The second-order valence-corrected chi connectivity index (χ2v) is 6.09. The normalized spacial score (nSPS) is 15.9. The SMILES string of the molecule is COc1ccc(OC)c(NC(=O)[C@H]2CCCN2C(=O)Oc2ccccc2)c1. The number of carbonyl (C=O) groups is 2. The van der Waals surface area contributed by atoms with Crippen molar-refractivity contribution in [3.05, 3.63) is 48.5 Å². The summed E-state index contributed by atoms with van der Waals surface area (Å²) in [5.41, 5.74) is 0.491. The molecule has 1 aliphatic heterocycles. The van der Waals surface area contributed by atoms with Crippen LogP contribution in [0.5, 0.6) is 17.2 Å². The molecule has 2 aromatic carbocycles. The van der Waals surface area contributed by atoms with Gasteiger partial charge in [-0.3, -0.25) is 9.69 Å². The molecule has 1 fully saturated rings. The highest BCUT2D eigenvalue weighted by Crippen LogP contribution is 2.30. The van der Waals surface area contributed by atoms with Crippen LogP contribution in [-0.2, 0) is 4.79 Å². The minimum atomic E-state index is -0.600. The van der Waals surface area contributed by atoms with Crippen LogP contribution in [0.1, 0.15) is 12.8 Å². The molecule has 1 saturated heterocycles. The first-order valence-corrected chi connectivity index (χ1v) is 8.68. The fraction of sp³-hybridized carbons (Fsp3) is 0.300. The number of methoxy groups -OCH3 is 2. The first kappa shape index (κ1) is 18.6. The van der Waals surface area contributed by atoms with Gasteiger partial charge < -0.3 is 19.5 Å². The topological polar surface area (TPSA) is 77.1 Å². The predicted molar refractivity (Wildman–Crippen MR) is 100 cm³/mol. The van der Waals surface area contributed by atoms with E-state index in [0.717, 1.165) is 6.42 Å². The van der Waals surface area contributed by atoms with E-state index in [1.54, 1.807) is 49.6 Å². The van der Waals surface area contributed by atoms with Gasteiger partial charge in [0.05, 0.1) is 19.9 Å². The second-order valence-electron chi connectivity index (χ2n) is 6.09. The Morgan fingerprint density at radius 1 is 1.04 bits per heavy atom. The van der Waals surface area contributed by atoms with Crippen LogP contribution in [0.25, 0.3) is 0 Å². The minimum absolute atomic E-state index is 0.288. The third-order valence-corrected chi connectivity index (χ3v) is 4.40.